The molecule has 0 unspecified atom stereocenters. The van der Waals surface area contributed by atoms with Crippen molar-refractivity contribution in [3.63, 3.8) is 0 Å². The van der Waals surface area contributed by atoms with Crippen molar-refractivity contribution in [3.05, 3.63) is 22.7 Å². The van der Waals surface area contributed by atoms with Gasteiger partial charge in [0.2, 0.25) is 17.3 Å². The second-order valence-electron chi connectivity index (χ2n) is 3.77. The highest BCUT2D eigenvalue weighted by molar-refractivity contribution is 9.10. The predicted octanol–water partition coefficient (Wildman–Crippen LogP) is 2.14. The third kappa shape index (κ3) is 2.11. The molecule has 0 aliphatic heterocycles. The monoisotopic (exact) mass is 337 g/mol. The molecule has 9 heteroatoms. The van der Waals surface area contributed by atoms with E-state index in [0.29, 0.717) is 11.6 Å². The quantitative estimate of drug-likeness (QED) is 0.773. The zero-order valence-electron chi connectivity index (χ0n) is 10.2. The molecule has 0 bridgehead atoms. The van der Waals surface area contributed by atoms with Gasteiger partial charge in [-0.25, -0.2) is 4.63 Å². The molecule has 0 atom stereocenters. The molecule has 3 rings (SSSR count). The summed E-state index contributed by atoms with van der Waals surface area (Å²) in [6.07, 6.45) is 0. The number of aromatic nitrogens is 4. The maximum absolute atomic E-state index is 5.56. The molecule has 2 heterocycles. The van der Waals surface area contributed by atoms with Crippen LogP contribution in [0.1, 0.15) is 0 Å². The zero-order valence-corrected chi connectivity index (χ0v) is 11.8. The van der Waals surface area contributed by atoms with Gasteiger partial charge in [-0.05, 0) is 44.4 Å². The van der Waals surface area contributed by atoms with Crippen molar-refractivity contribution < 1.29 is 13.9 Å². The fourth-order valence-electron chi connectivity index (χ4n) is 1.59. The lowest BCUT2D eigenvalue weighted by atomic mass is 10.2. The Labute approximate surface area is 121 Å². The molecule has 0 aliphatic carbocycles. The molecule has 1 aromatic carbocycles. The number of anilines is 1. The van der Waals surface area contributed by atoms with Gasteiger partial charge in [0, 0.05) is 5.56 Å². The number of nitrogens with zero attached hydrogens (tertiary/aromatic N) is 4. The van der Waals surface area contributed by atoms with Crippen LogP contribution in [0.2, 0.25) is 0 Å². The maximum Gasteiger partial charge on any atom is 0.284 e. The van der Waals surface area contributed by atoms with Crippen LogP contribution in [-0.4, -0.2) is 27.6 Å². The van der Waals surface area contributed by atoms with Crippen LogP contribution in [0.15, 0.2) is 31.8 Å². The molecule has 0 spiro atoms. The molecule has 102 valence electrons. The number of halogens is 1. The lowest BCUT2D eigenvalue weighted by Crippen LogP contribution is -1.89. The Morgan fingerprint density at radius 3 is 2.75 bits per heavy atom. The van der Waals surface area contributed by atoms with Gasteiger partial charge in [0.05, 0.1) is 11.6 Å². The van der Waals surface area contributed by atoms with E-state index >= 15 is 0 Å². The Morgan fingerprint density at radius 1 is 1.25 bits per heavy atom. The van der Waals surface area contributed by atoms with Crippen LogP contribution >= 0.6 is 15.9 Å². The molecule has 2 N–H and O–H groups in total. The minimum atomic E-state index is 0.0936. The molecule has 8 nitrogen and oxygen atoms in total. The lowest BCUT2D eigenvalue weighted by Gasteiger charge is -2.03. The molecule has 0 amide bonds. The summed E-state index contributed by atoms with van der Waals surface area (Å²) in [5.74, 6) is 1.34. The van der Waals surface area contributed by atoms with Gasteiger partial charge in [0.25, 0.3) is 5.89 Å². The fourth-order valence-corrected chi connectivity index (χ4v) is 2.13. The second-order valence-corrected chi connectivity index (χ2v) is 4.62. The van der Waals surface area contributed by atoms with Crippen molar-refractivity contribution in [3.8, 4) is 28.7 Å². The van der Waals surface area contributed by atoms with E-state index in [2.05, 4.69) is 41.0 Å². The number of hydrogen-bond acceptors (Lipinski definition) is 8. The fraction of sp³-hybridized carbons (Fsp3) is 0.0909. The first-order chi connectivity index (χ1) is 9.69. The highest BCUT2D eigenvalue weighted by atomic mass is 79.9. The van der Waals surface area contributed by atoms with Gasteiger partial charge in [-0.2, -0.15) is 4.98 Å². The molecule has 3 aromatic rings. The first-order valence-electron chi connectivity index (χ1n) is 5.45. The van der Waals surface area contributed by atoms with E-state index in [1.165, 1.54) is 0 Å². The summed E-state index contributed by atoms with van der Waals surface area (Å²) in [5, 5.41) is 10.9. The van der Waals surface area contributed by atoms with Crippen LogP contribution in [0.5, 0.6) is 5.75 Å². The molecule has 0 aliphatic rings. The van der Waals surface area contributed by atoms with Crippen molar-refractivity contribution in [2.24, 2.45) is 0 Å². The minimum absolute atomic E-state index is 0.0936. The van der Waals surface area contributed by atoms with Crippen molar-refractivity contribution >= 4 is 21.7 Å². The summed E-state index contributed by atoms with van der Waals surface area (Å²) in [5.41, 5.74) is 6.53. The smallest absolute Gasteiger partial charge is 0.284 e. The van der Waals surface area contributed by atoms with Crippen LogP contribution in [-0.2, 0) is 0 Å². The Morgan fingerprint density at radius 2 is 2.10 bits per heavy atom. The van der Waals surface area contributed by atoms with Crippen LogP contribution < -0.4 is 10.5 Å². The number of ether oxygens (including phenoxy) is 1. The Hall–Kier alpha value is -2.42. The molecule has 0 saturated heterocycles. The Balaban J connectivity index is 1.98. The predicted molar refractivity (Wildman–Crippen MR) is 71.7 cm³/mol. The first-order valence-corrected chi connectivity index (χ1v) is 6.24. The average Bonchev–Trinajstić information content (AvgIpc) is 3.07. The van der Waals surface area contributed by atoms with E-state index in [1.807, 2.05) is 12.1 Å². The van der Waals surface area contributed by atoms with Crippen LogP contribution in [0.3, 0.4) is 0 Å². The zero-order chi connectivity index (χ0) is 14.1. The number of hydrogen-bond donors (Lipinski definition) is 1. The van der Waals surface area contributed by atoms with Crippen LogP contribution in [0.25, 0.3) is 23.0 Å². The van der Waals surface area contributed by atoms with Gasteiger partial charge >= 0.3 is 0 Å². The van der Waals surface area contributed by atoms with E-state index in [1.54, 1.807) is 13.2 Å². The normalized spacial score (nSPS) is 10.7. The van der Waals surface area contributed by atoms with E-state index in [4.69, 9.17) is 15.0 Å². The van der Waals surface area contributed by atoms with Crippen molar-refractivity contribution in [1.82, 2.24) is 20.5 Å². The van der Waals surface area contributed by atoms with Gasteiger partial charge in [-0.15, -0.1) is 0 Å². The first kappa shape index (κ1) is 12.6. The molecular formula is C11H8BrN5O3. The summed E-state index contributed by atoms with van der Waals surface area (Å²) in [6, 6.07) is 5.42. The number of nitrogens with two attached hydrogens (primary N) is 1. The van der Waals surface area contributed by atoms with Crippen LogP contribution in [0, 0.1) is 0 Å². The van der Waals surface area contributed by atoms with Gasteiger partial charge < -0.3 is 15.0 Å². The molecule has 0 fully saturated rings. The molecule has 2 aromatic heterocycles. The third-order valence-electron chi connectivity index (χ3n) is 2.55. The Bertz CT molecular complexity index is 754. The summed E-state index contributed by atoms with van der Waals surface area (Å²) in [6.45, 7) is 0. The van der Waals surface area contributed by atoms with E-state index in [0.717, 1.165) is 10.0 Å². The number of methoxy groups -OCH3 is 1. The maximum atomic E-state index is 5.56. The number of rotatable bonds is 3. The number of nitrogen functional groups attached to an aromatic ring is 1. The highest BCUT2D eigenvalue weighted by Gasteiger charge is 2.18. The largest absolute Gasteiger partial charge is 0.496 e. The Kier molecular flexibility index (Phi) is 3.11. The summed E-state index contributed by atoms with van der Waals surface area (Å²) < 4.78 is 15.5. The third-order valence-corrected chi connectivity index (χ3v) is 3.17. The second kappa shape index (κ2) is 4.93. The van der Waals surface area contributed by atoms with Gasteiger partial charge in [-0.3, -0.25) is 0 Å². The average molecular weight is 338 g/mol. The molecule has 0 radical (unpaired) electrons. The highest BCUT2D eigenvalue weighted by Crippen LogP contribution is 2.30. The van der Waals surface area contributed by atoms with Gasteiger partial charge in [-0.1, -0.05) is 5.16 Å². The minimum Gasteiger partial charge on any atom is -0.496 e. The summed E-state index contributed by atoms with van der Waals surface area (Å²) in [7, 11) is 1.59. The van der Waals surface area contributed by atoms with Gasteiger partial charge in [0.15, 0.2) is 0 Å². The van der Waals surface area contributed by atoms with Crippen LogP contribution in [0.4, 0.5) is 5.82 Å². The van der Waals surface area contributed by atoms with E-state index in [9.17, 15) is 0 Å². The van der Waals surface area contributed by atoms with Crippen molar-refractivity contribution in [2.45, 2.75) is 0 Å². The topological polar surface area (TPSA) is 113 Å². The standard InChI is InChI=1S/C11H8BrN5O3/c1-18-7-3-2-5(4-6(7)12)10-14-11(19-17-10)8-9(13)16-20-15-8/h2-4H,1H3,(H2,13,16). The van der Waals surface area contributed by atoms with Gasteiger partial charge in [0.1, 0.15) is 5.75 Å². The lowest BCUT2D eigenvalue weighted by molar-refractivity contribution is 0.308. The summed E-state index contributed by atoms with van der Waals surface area (Å²) in [4.78, 5) is 4.20. The van der Waals surface area contributed by atoms with E-state index in [-0.39, 0.29) is 17.4 Å². The summed E-state index contributed by atoms with van der Waals surface area (Å²) >= 11 is 3.39. The molecular weight excluding hydrogens is 330 g/mol. The molecule has 20 heavy (non-hydrogen) atoms. The SMILES string of the molecule is COc1ccc(-c2noc(-c3nonc3N)n2)cc1Br. The van der Waals surface area contributed by atoms with E-state index < -0.39 is 0 Å². The number of benzene rings is 1. The van der Waals surface area contributed by atoms with Crippen molar-refractivity contribution in [2.75, 3.05) is 12.8 Å². The molecule has 0 saturated carbocycles. The van der Waals surface area contributed by atoms with Crippen molar-refractivity contribution in [1.29, 1.82) is 0 Å².